The highest BCUT2D eigenvalue weighted by Gasteiger charge is 2.31. The van der Waals surface area contributed by atoms with Gasteiger partial charge in [-0.1, -0.05) is 61.0 Å². The van der Waals surface area contributed by atoms with Gasteiger partial charge in [0.25, 0.3) is 0 Å². The number of rotatable bonds is 14. The Morgan fingerprint density at radius 1 is 0.952 bits per heavy atom. The number of halogens is 3. The molecule has 2 amide bonds. The summed E-state index contributed by atoms with van der Waals surface area (Å²) >= 11 is 6.21. The van der Waals surface area contributed by atoms with Crippen molar-refractivity contribution in [2.75, 3.05) is 17.1 Å². The van der Waals surface area contributed by atoms with Crippen LogP contribution in [0.4, 0.5) is 14.5 Å². The van der Waals surface area contributed by atoms with Crippen molar-refractivity contribution in [2.45, 2.75) is 58.2 Å². The van der Waals surface area contributed by atoms with E-state index >= 15 is 0 Å². The van der Waals surface area contributed by atoms with Crippen molar-refractivity contribution < 1.29 is 26.8 Å². The fraction of sp³-hybridized carbons (Fsp3) is 0.355. The quantitative estimate of drug-likeness (QED) is 0.250. The van der Waals surface area contributed by atoms with E-state index in [1.165, 1.54) is 11.0 Å². The van der Waals surface area contributed by atoms with Gasteiger partial charge >= 0.3 is 0 Å². The van der Waals surface area contributed by atoms with Gasteiger partial charge < -0.3 is 10.2 Å². The van der Waals surface area contributed by atoms with Gasteiger partial charge in [0.05, 0.1) is 11.9 Å². The van der Waals surface area contributed by atoms with Crippen LogP contribution < -0.4 is 9.62 Å². The summed E-state index contributed by atoms with van der Waals surface area (Å²) in [5, 5.41) is 3.48. The summed E-state index contributed by atoms with van der Waals surface area (Å²) in [5.74, 6) is -2.95. The largest absolute Gasteiger partial charge is 0.352 e. The highest BCUT2D eigenvalue weighted by Crippen LogP contribution is 2.23. The molecule has 0 saturated carbocycles. The Hall–Kier alpha value is -3.50. The van der Waals surface area contributed by atoms with E-state index in [4.69, 9.17) is 11.6 Å². The summed E-state index contributed by atoms with van der Waals surface area (Å²) in [6, 6.07) is 18.2. The normalized spacial score (nSPS) is 12.8. The third kappa shape index (κ3) is 9.52. The van der Waals surface area contributed by atoms with Crippen LogP contribution in [-0.4, -0.2) is 50.0 Å². The first kappa shape index (κ1) is 33.0. The van der Waals surface area contributed by atoms with Crippen molar-refractivity contribution in [3.8, 4) is 0 Å². The zero-order valence-electron chi connectivity index (χ0n) is 23.9. The van der Waals surface area contributed by atoms with Crippen molar-refractivity contribution in [1.29, 1.82) is 0 Å². The number of carbonyl (C=O) groups excluding carboxylic acids is 2. The Morgan fingerprint density at radius 3 is 2.26 bits per heavy atom. The molecule has 226 valence electrons. The Balaban J connectivity index is 1.90. The van der Waals surface area contributed by atoms with Crippen molar-refractivity contribution in [3.05, 3.63) is 101 Å². The summed E-state index contributed by atoms with van der Waals surface area (Å²) in [6.07, 6.45) is 1.90. The maximum atomic E-state index is 13.9. The van der Waals surface area contributed by atoms with Crippen LogP contribution >= 0.6 is 11.6 Å². The zero-order valence-corrected chi connectivity index (χ0v) is 25.5. The minimum absolute atomic E-state index is 0.0467. The molecular weight excluding hydrogens is 584 g/mol. The molecule has 3 rings (SSSR count). The lowest BCUT2D eigenvalue weighted by atomic mass is 10.0. The molecule has 0 saturated heterocycles. The minimum Gasteiger partial charge on any atom is -0.352 e. The standard InChI is InChI=1S/C31H36ClF2N3O4S/c1-4-22(2)35-31(39)29(19-23-10-6-5-7-11-23)36(21-24-12-8-13-25(32)18-24)30(38)14-9-17-37(42(3,40)41)26-15-16-27(33)28(34)20-26/h5-8,10-13,15-16,18,20,22,29H,4,9,14,17,19,21H2,1-3H3,(H,35,39)/t22-,29+/m0/s1. The van der Waals surface area contributed by atoms with Gasteiger partial charge in [0.15, 0.2) is 11.6 Å². The summed E-state index contributed by atoms with van der Waals surface area (Å²) in [7, 11) is -3.87. The van der Waals surface area contributed by atoms with Crippen molar-refractivity contribution in [2.24, 2.45) is 0 Å². The Bertz CT molecular complexity index is 1470. The van der Waals surface area contributed by atoms with Crippen LogP contribution in [0.2, 0.25) is 5.02 Å². The van der Waals surface area contributed by atoms with Crippen LogP contribution in [-0.2, 0) is 32.6 Å². The molecule has 1 N–H and O–H groups in total. The molecule has 0 spiro atoms. The first-order valence-electron chi connectivity index (χ1n) is 13.7. The third-order valence-corrected chi connectivity index (χ3v) is 8.29. The summed E-state index contributed by atoms with van der Waals surface area (Å²) in [5.41, 5.74) is 1.55. The lowest BCUT2D eigenvalue weighted by molar-refractivity contribution is -0.141. The monoisotopic (exact) mass is 619 g/mol. The second-order valence-electron chi connectivity index (χ2n) is 10.2. The van der Waals surface area contributed by atoms with Crippen molar-refractivity contribution in [3.63, 3.8) is 0 Å². The van der Waals surface area contributed by atoms with E-state index in [2.05, 4.69) is 5.32 Å². The van der Waals surface area contributed by atoms with Gasteiger partial charge in [-0.2, -0.15) is 0 Å². The average molecular weight is 620 g/mol. The maximum Gasteiger partial charge on any atom is 0.243 e. The molecular formula is C31H36ClF2N3O4S. The van der Waals surface area contributed by atoms with Crippen LogP contribution in [0.25, 0.3) is 0 Å². The summed E-state index contributed by atoms with van der Waals surface area (Å²) in [4.78, 5) is 28.9. The lowest BCUT2D eigenvalue weighted by Crippen LogP contribution is -2.52. The van der Waals surface area contributed by atoms with Crippen molar-refractivity contribution in [1.82, 2.24) is 10.2 Å². The zero-order chi connectivity index (χ0) is 30.9. The minimum atomic E-state index is -3.87. The number of hydrogen-bond donors (Lipinski definition) is 1. The molecule has 7 nitrogen and oxygen atoms in total. The van der Waals surface area contributed by atoms with Gasteiger partial charge in [-0.3, -0.25) is 13.9 Å². The van der Waals surface area contributed by atoms with Crippen LogP contribution in [0.15, 0.2) is 72.8 Å². The van der Waals surface area contributed by atoms with Crippen molar-refractivity contribution >= 4 is 39.1 Å². The lowest BCUT2D eigenvalue weighted by Gasteiger charge is -2.32. The van der Waals surface area contributed by atoms with Gasteiger partial charge in [0, 0.05) is 43.1 Å². The molecule has 0 fully saturated rings. The molecule has 0 aliphatic carbocycles. The van der Waals surface area contributed by atoms with Crippen LogP contribution in [0, 0.1) is 11.6 Å². The number of hydrogen-bond acceptors (Lipinski definition) is 4. The number of nitrogens with one attached hydrogen (secondary N) is 1. The number of nitrogens with zero attached hydrogens (tertiary/aromatic N) is 2. The van der Waals surface area contributed by atoms with Crippen LogP contribution in [0.3, 0.4) is 0 Å². The molecule has 0 unspecified atom stereocenters. The molecule has 0 aliphatic rings. The number of sulfonamides is 1. The number of benzene rings is 3. The summed E-state index contributed by atoms with van der Waals surface area (Å²) in [6.45, 7) is 3.79. The van der Waals surface area contributed by atoms with Gasteiger partial charge in [0.1, 0.15) is 6.04 Å². The van der Waals surface area contributed by atoms with E-state index in [9.17, 15) is 26.8 Å². The predicted molar refractivity (Wildman–Crippen MR) is 162 cm³/mol. The molecule has 2 atom stereocenters. The molecule has 42 heavy (non-hydrogen) atoms. The SMILES string of the molecule is CC[C@H](C)NC(=O)[C@@H](Cc1ccccc1)N(Cc1cccc(Cl)c1)C(=O)CCCN(c1ccc(F)c(F)c1)S(C)(=O)=O. The third-order valence-electron chi connectivity index (χ3n) is 6.86. The Labute approximate surface area is 251 Å². The topological polar surface area (TPSA) is 86.8 Å². The number of anilines is 1. The highest BCUT2D eigenvalue weighted by molar-refractivity contribution is 7.92. The Kier molecular flexibility index (Phi) is 11.9. The van der Waals surface area contributed by atoms with E-state index in [1.807, 2.05) is 50.2 Å². The second kappa shape index (κ2) is 15.1. The molecule has 0 aliphatic heterocycles. The molecule has 0 aromatic heterocycles. The van der Waals surface area contributed by atoms with Gasteiger partial charge in [-0.25, -0.2) is 17.2 Å². The molecule has 0 heterocycles. The van der Waals surface area contributed by atoms with Gasteiger partial charge in [0.2, 0.25) is 21.8 Å². The van der Waals surface area contributed by atoms with Crippen LogP contribution in [0.5, 0.6) is 0 Å². The average Bonchev–Trinajstić information content (AvgIpc) is 2.94. The number of amides is 2. The molecule has 0 radical (unpaired) electrons. The first-order chi connectivity index (χ1) is 19.9. The highest BCUT2D eigenvalue weighted by atomic mass is 35.5. The van der Waals surface area contributed by atoms with E-state index in [0.29, 0.717) is 11.4 Å². The molecule has 3 aromatic carbocycles. The van der Waals surface area contributed by atoms with E-state index < -0.39 is 27.7 Å². The fourth-order valence-electron chi connectivity index (χ4n) is 4.47. The molecule has 0 bridgehead atoms. The van der Waals surface area contributed by atoms with Gasteiger partial charge in [-0.15, -0.1) is 0 Å². The Morgan fingerprint density at radius 2 is 1.64 bits per heavy atom. The first-order valence-corrected chi connectivity index (χ1v) is 15.9. The fourth-order valence-corrected chi connectivity index (χ4v) is 5.64. The molecule has 3 aromatic rings. The van der Waals surface area contributed by atoms with E-state index in [0.717, 1.165) is 33.8 Å². The van der Waals surface area contributed by atoms with Crippen LogP contribution in [0.1, 0.15) is 44.2 Å². The second-order valence-corrected chi connectivity index (χ2v) is 12.6. The smallest absolute Gasteiger partial charge is 0.243 e. The maximum absolute atomic E-state index is 13.9. The summed E-state index contributed by atoms with van der Waals surface area (Å²) < 4.78 is 53.3. The van der Waals surface area contributed by atoms with E-state index in [-0.39, 0.29) is 55.9 Å². The predicted octanol–water partition coefficient (Wildman–Crippen LogP) is 5.72. The number of carbonyl (C=O) groups is 2. The van der Waals surface area contributed by atoms with E-state index in [1.54, 1.807) is 18.2 Å². The molecule has 11 heteroatoms. The van der Waals surface area contributed by atoms with Gasteiger partial charge in [-0.05, 0) is 55.2 Å².